The van der Waals surface area contributed by atoms with Gasteiger partial charge in [0.1, 0.15) is 11.2 Å². The zero-order valence-corrected chi connectivity index (χ0v) is 22.4. The molecule has 1 atom stereocenters. The predicted octanol–water partition coefficient (Wildman–Crippen LogP) is 5.19. The topological polar surface area (TPSA) is 57.6 Å². The van der Waals surface area contributed by atoms with E-state index in [1.54, 1.807) is 11.3 Å². The summed E-state index contributed by atoms with van der Waals surface area (Å²) >= 11 is 1.77. The molecule has 1 N–H and O–H groups in total. The molecule has 2 aromatic rings. The van der Waals surface area contributed by atoms with E-state index in [-0.39, 0.29) is 17.9 Å². The first kappa shape index (κ1) is 24.8. The van der Waals surface area contributed by atoms with Gasteiger partial charge >= 0.3 is 0 Å². The van der Waals surface area contributed by atoms with Gasteiger partial charge in [0.05, 0.1) is 16.8 Å². The first-order chi connectivity index (χ1) is 17.0. The van der Waals surface area contributed by atoms with Crippen molar-refractivity contribution in [1.82, 2.24) is 19.7 Å². The van der Waals surface area contributed by atoms with Crippen molar-refractivity contribution < 1.29 is 9.59 Å². The Balaban J connectivity index is 1.41. The Kier molecular flexibility index (Phi) is 7.54. The molecule has 0 radical (unpaired) electrons. The molecule has 0 aromatic carbocycles. The number of aromatic nitrogens is 1. The number of aryl methyl sites for hydroxylation is 1. The molecule has 4 heterocycles. The molecule has 192 valence electrons. The zero-order chi connectivity index (χ0) is 24.4. The number of thiophene rings is 1. The van der Waals surface area contributed by atoms with E-state index in [4.69, 9.17) is 0 Å². The van der Waals surface area contributed by atoms with Crippen molar-refractivity contribution in [3.05, 3.63) is 22.7 Å². The van der Waals surface area contributed by atoms with Gasteiger partial charge in [0.25, 0.3) is 5.91 Å². The molecule has 0 bridgehead atoms. The molecule has 6 nitrogen and oxygen atoms in total. The highest BCUT2D eigenvalue weighted by Crippen LogP contribution is 2.36. The lowest BCUT2D eigenvalue weighted by atomic mass is 9.92. The van der Waals surface area contributed by atoms with Gasteiger partial charge in [-0.25, -0.2) is 0 Å². The fourth-order valence-electron chi connectivity index (χ4n) is 6.31. The number of amides is 2. The van der Waals surface area contributed by atoms with Gasteiger partial charge in [-0.1, -0.05) is 39.0 Å². The summed E-state index contributed by atoms with van der Waals surface area (Å²) < 4.78 is 3.29. The fraction of sp³-hybridized carbons (Fsp3) is 0.714. The molecule has 1 saturated heterocycles. The molecule has 1 unspecified atom stereocenters. The van der Waals surface area contributed by atoms with Crippen molar-refractivity contribution in [1.29, 1.82) is 0 Å². The van der Waals surface area contributed by atoms with Crippen LogP contribution in [0.1, 0.15) is 93.4 Å². The first-order valence-electron chi connectivity index (χ1n) is 14.0. The van der Waals surface area contributed by atoms with Crippen molar-refractivity contribution in [3.8, 4) is 0 Å². The lowest BCUT2D eigenvalue weighted by molar-refractivity contribution is -0.133. The number of nitrogens with one attached hydrogen (secondary N) is 1. The largest absolute Gasteiger partial charge is 0.351 e. The van der Waals surface area contributed by atoms with E-state index in [0.29, 0.717) is 13.1 Å². The average Bonchev–Trinajstić information content (AvgIpc) is 3.55. The SMILES string of the molecule is CCc1cc2c(cc3n2CC(C)(C(=O)NC2CCCCCCC2)N(CCCN2CCCC2)C3=O)s1. The quantitative estimate of drug-likeness (QED) is 0.571. The van der Waals surface area contributed by atoms with Crippen LogP contribution in [-0.2, 0) is 17.8 Å². The molecule has 3 aliphatic rings. The summed E-state index contributed by atoms with van der Waals surface area (Å²) in [7, 11) is 0. The summed E-state index contributed by atoms with van der Waals surface area (Å²) in [5.74, 6) is 0.0328. The van der Waals surface area contributed by atoms with Crippen LogP contribution < -0.4 is 5.32 Å². The van der Waals surface area contributed by atoms with Crippen LogP contribution in [0.25, 0.3) is 10.2 Å². The fourth-order valence-corrected chi connectivity index (χ4v) is 7.35. The van der Waals surface area contributed by atoms with Crippen LogP contribution in [0.5, 0.6) is 0 Å². The third-order valence-corrected chi connectivity index (χ3v) is 9.71. The number of hydrogen-bond donors (Lipinski definition) is 1. The third kappa shape index (κ3) is 5.04. The van der Waals surface area contributed by atoms with Gasteiger partial charge < -0.3 is 19.7 Å². The smallest absolute Gasteiger partial charge is 0.271 e. The molecular weight excluding hydrogens is 456 g/mol. The molecule has 5 rings (SSSR count). The minimum atomic E-state index is -0.877. The Morgan fingerprint density at radius 2 is 1.77 bits per heavy atom. The van der Waals surface area contributed by atoms with Crippen molar-refractivity contribution >= 4 is 33.4 Å². The van der Waals surface area contributed by atoms with Crippen LogP contribution >= 0.6 is 11.3 Å². The lowest BCUT2D eigenvalue weighted by Crippen LogP contribution is -2.65. The number of carbonyl (C=O) groups excluding carboxylic acids is 2. The second-order valence-electron chi connectivity index (χ2n) is 11.1. The second kappa shape index (κ2) is 10.6. The van der Waals surface area contributed by atoms with Gasteiger partial charge in [-0.3, -0.25) is 9.59 Å². The highest BCUT2D eigenvalue weighted by Gasteiger charge is 2.48. The highest BCUT2D eigenvalue weighted by atomic mass is 32.1. The average molecular weight is 499 g/mol. The van der Waals surface area contributed by atoms with Crippen molar-refractivity contribution in [2.45, 2.75) is 103 Å². The molecule has 2 fully saturated rings. The van der Waals surface area contributed by atoms with Gasteiger partial charge in [-0.15, -0.1) is 11.3 Å². The Morgan fingerprint density at radius 3 is 2.49 bits per heavy atom. The van der Waals surface area contributed by atoms with Crippen LogP contribution in [0.3, 0.4) is 0 Å². The highest BCUT2D eigenvalue weighted by molar-refractivity contribution is 7.19. The number of hydrogen-bond acceptors (Lipinski definition) is 4. The van der Waals surface area contributed by atoms with Crippen LogP contribution in [0.2, 0.25) is 0 Å². The van der Waals surface area contributed by atoms with Crippen LogP contribution in [0.4, 0.5) is 0 Å². The normalized spacial score (nSPS) is 24.5. The Bertz CT molecular complexity index is 1040. The molecule has 2 aromatic heterocycles. The standard InChI is InChI=1S/C28H42N4O2S/c1-3-22-18-23-25(35-22)19-24-26(33)32(17-11-16-30-14-9-10-15-30)28(2,20-31(23)24)27(34)29-21-12-7-5-4-6-8-13-21/h18-19,21H,3-17,20H2,1-2H3,(H,29,34). The van der Waals surface area contributed by atoms with Crippen molar-refractivity contribution in [2.75, 3.05) is 26.2 Å². The van der Waals surface area contributed by atoms with E-state index in [2.05, 4.69) is 33.8 Å². The van der Waals surface area contributed by atoms with Gasteiger partial charge in [0.2, 0.25) is 5.91 Å². The van der Waals surface area contributed by atoms with Crippen LogP contribution in [0, 0.1) is 0 Å². The molecule has 2 aliphatic heterocycles. The molecule has 1 saturated carbocycles. The molecular formula is C28H42N4O2S. The van der Waals surface area contributed by atoms with Gasteiger partial charge in [-0.05, 0) is 77.2 Å². The Hall–Kier alpha value is -1.86. The molecule has 2 amide bonds. The molecule has 7 heteroatoms. The van der Waals surface area contributed by atoms with E-state index in [1.165, 1.54) is 49.8 Å². The summed E-state index contributed by atoms with van der Waals surface area (Å²) in [4.78, 5) is 33.6. The summed E-state index contributed by atoms with van der Waals surface area (Å²) in [6.45, 7) is 8.64. The number of rotatable bonds is 7. The maximum atomic E-state index is 14.0. The lowest BCUT2D eigenvalue weighted by Gasteiger charge is -2.45. The zero-order valence-electron chi connectivity index (χ0n) is 21.6. The summed E-state index contributed by atoms with van der Waals surface area (Å²) in [6, 6.07) is 4.49. The first-order valence-corrected chi connectivity index (χ1v) is 14.8. The number of likely N-dealkylation sites (tertiary alicyclic amines) is 1. The minimum absolute atomic E-state index is 0.00874. The Morgan fingerprint density at radius 1 is 1.06 bits per heavy atom. The molecule has 0 spiro atoms. The van der Waals surface area contributed by atoms with E-state index in [9.17, 15) is 9.59 Å². The van der Waals surface area contributed by atoms with Crippen LogP contribution in [-0.4, -0.2) is 63.9 Å². The van der Waals surface area contributed by atoms with E-state index < -0.39 is 5.54 Å². The number of carbonyl (C=O) groups is 2. The number of nitrogens with zero attached hydrogens (tertiary/aromatic N) is 3. The predicted molar refractivity (Wildman–Crippen MR) is 143 cm³/mol. The summed E-state index contributed by atoms with van der Waals surface area (Å²) in [5, 5.41) is 3.41. The van der Waals surface area contributed by atoms with Gasteiger partial charge in [0, 0.05) is 17.5 Å². The summed E-state index contributed by atoms with van der Waals surface area (Å²) in [6.07, 6.45) is 12.7. The van der Waals surface area contributed by atoms with Gasteiger partial charge in [-0.2, -0.15) is 0 Å². The summed E-state index contributed by atoms with van der Waals surface area (Å²) in [5.41, 5.74) is 0.973. The van der Waals surface area contributed by atoms with E-state index in [1.807, 2.05) is 11.8 Å². The van der Waals surface area contributed by atoms with E-state index in [0.717, 1.165) is 61.2 Å². The van der Waals surface area contributed by atoms with Crippen molar-refractivity contribution in [2.24, 2.45) is 0 Å². The van der Waals surface area contributed by atoms with Crippen molar-refractivity contribution in [3.63, 3.8) is 0 Å². The maximum absolute atomic E-state index is 14.0. The Labute approximate surface area is 214 Å². The minimum Gasteiger partial charge on any atom is -0.351 e. The molecule has 1 aliphatic carbocycles. The molecule has 35 heavy (non-hydrogen) atoms. The third-order valence-electron chi connectivity index (χ3n) is 8.50. The number of fused-ring (bicyclic) bond motifs is 3. The van der Waals surface area contributed by atoms with Gasteiger partial charge in [0.15, 0.2) is 0 Å². The second-order valence-corrected chi connectivity index (χ2v) is 12.2. The van der Waals surface area contributed by atoms with E-state index >= 15 is 0 Å². The monoisotopic (exact) mass is 498 g/mol. The van der Waals surface area contributed by atoms with Crippen LogP contribution in [0.15, 0.2) is 12.1 Å². The maximum Gasteiger partial charge on any atom is 0.271 e.